The summed E-state index contributed by atoms with van der Waals surface area (Å²) in [5.41, 5.74) is 1.27. The van der Waals surface area contributed by atoms with Crippen molar-refractivity contribution in [1.82, 2.24) is 30.9 Å². The Kier molecular flexibility index (Phi) is 10.1. The van der Waals surface area contributed by atoms with E-state index in [1.807, 2.05) is 12.1 Å². The number of alkyl halides is 3. The van der Waals surface area contributed by atoms with Crippen LogP contribution in [0.2, 0.25) is 5.02 Å². The molecule has 2 unspecified atom stereocenters. The quantitative estimate of drug-likeness (QED) is 0.157. The molecule has 2 aromatic carbocycles. The van der Waals surface area contributed by atoms with Gasteiger partial charge in [0, 0.05) is 35.4 Å². The summed E-state index contributed by atoms with van der Waals surface area (Å²) < 4.78 is 43.6. The van der Waals surface area contributed by atoms with Gasteiger partial charge in [-0.1, -0.05) is 30.2 Å². The lowest BCUT2D eigenvalue weighted by atomic mass is 10.0. The van der Waals surface area contributed by atoms with Gasteiger partial charge in [-0.25, -0.2) is 0 Å². The monoisotopic (exact) mass is 700 g/mol. The third kappa shape index (κ3) is 9.49. The van der Waals surface area contributed by atoms with Gasteiger partial charge in [0.2, 0.25) is 11.9 Å². The minimum Gasteiger partial charge on any atom is -0.454 e. The van der Waals surface area contributed by atoms with Crippen molar-refractivity contribution in [2.75, 3.05) is 30.3 Å². The highest BCUT2D eigenvalue weighted by Crippen LogP contribution is 2.48. The lowest BCUT2D eigenvalue weighted by Gasteiger charge is -2.21. The van der Waals surface area contributed by atoms with E-state index in [2.05, 4.69) is 41.5 Å². The summed E-state index contributed by atoms with van der Waals surface area (Å²) >= 11 is 6.03. The predicted octanol–water partition coefficient (Wildman–Crippen LogP) is 4.85. The number of anilines is 3. The summed E-state index contributed by atoms with van der Waals surface area (Å²) in [7, 11) is 0. The molecule has 49 heavy (non-hydrogen) atoms. The molecule has 3 fully saturated rings. The second-order valence-electron chi connectivity index (χ2n) is 12.7. The van der Waals surface area contributed by atoms with Crippen LogP contribution in [0.15, 0.2) is 48.5 Å². The van der Waals surface area contributed by atoms with Crippen LogP contribution in [0.1, 0.15) is 60.9 Å². The molecular formula is C33H36ClF3N8O4. The fraction of sp³-hybridized carbons (Fsp3) is 0.455. The number of hydrogen-bond donors (Lipinski definition) is 5. The van der Waals surface area contributed by atoms with Gasteiger partial charge in [0.15, 0.2) is 6.61 Å². The first-order valence-corrected chi connectivity index (χ1v) is 16.6. The average Bonchev–Trinajstić information content (AvgIpc) is 4.01. The molecule has 5 N–H and O–H groups in total. The Labute approximate surface area is 285 Å². The molecule has 3 saturated carbocycles. The molecule has 6 rings (SSSR count). The summed E-state index contributed by atoms with van der Waals surface area (Å²) in [6.45, 7) is -0.784. The lowest BCUT2D eigenvalue weighted by Crippen LogP contribution is -2.45. The van der Waals surface area contributed by atoms with Crippen LogP contribution in [0, 0.1) is 11.8 Å². The number of carbonyl (C=O) groups excluding carboxylic acids is 3. The summed E-state index contributed by atoms with van der Waals surface area (Å²) in [6.07, 6.45) is 1.46. The molecule has 1 heterocycles. The average molecular weight is 701 g/mol. The predicted molar refractivity (Wildman–Crippen MR) is 174 cm³/mol. The van der Waals surface area contributed by atoms with Gasteiger partial charge in [-0.2, -0.15) is 28.1 Å². The number of carbonyl (C=O) groups is 3. The maximum atomic E-state index is 13.1. The molecule has 0 saturated heterocycles. The standard InChI is InChI=1S/C33H36ClF3N8O4/c34-23-10-8-22(9-11-23)32(14-15-32)45-30-42-29(43-31(44-30)49-18-33(35,36)37)40-24-12-6-20(7-13-24)26(46)41-25-3-1-2-21(25)17-39-28(48)27(47)38-16-19-4-5-19/h6-13,19,21,25H,1-5,14-18H2,(H,38,47)(H,39,48)(H,41,46)(H2,40,42,43,44,45). The first-order valence-electron chi connectivity index (χ1n) is 16.2. The van der Waals surface area contributed by atoms with Crippen molar-refractivity contribution in [3.05, 3.63) is 64.7 Å². The van der Waals surface area contributed by atoms with Crippen LogP contribution >= 0.6 is 11.6 Å². The number of rotatable bonds is 13. The zero-order valence-corrected chi connectivity index (χ0v) is 27.2. The van der Waals surface area contributed by atoms with E-state index in [0.29, 0.717) is 28.7 Å². The smallest absolute Gasteiger partial charge is 0.422 e. The lowest BCUT2D eigenvalue weighted by molar-refractivity contribution is -0.154. The minimum atomic E-state index is -4.59. The summed E-state index contributed by atoms with van der Waals surface area (Å²) in [5.74, 6) is -1.19. The Balaban J connectivity index is 1.07. The van der Waals surface area contributed by atoms with Crippen LogP contribution in [0.5, 0.6) is 6.01 Å². The fourth-order valence-electron chi connectivity index (χ4n) is 5.77. The molecule has 260 valence electrons. The number of halogens is 4. The SMILES string of the molecule is O=C(NCC1CC1)C(=O)NCC1CCCC1NC(=O)c1ccc(Nc2nc(NC3(c4ccc(Cl)cc4)CC3)nc(OCC(F)(F)F)n2)cc1. The van der Waals surface area contributed by atoms with Crippen molar-refractivity contribution in [3.8, 4) is 6.01 Å². The highest BCUT2D eigenvalue weighted by atomic mass is 35.5. The fourth-order valence-corrected chi connectivity index (χ4v) is 5.90. The summed E-state index contributed by atoms with van der Waals surface area (Å²) in [5, 5.41) is 15.1. The first-order chi connectivity index (χ1) is 23.4. The van der Waals surface area contributed by atoms with Gasteiger partial charge in [-0.3, -0.25) is 14.4 Å². The van der Waals surface area contributed by atoms with Crippen LogP contribution < -0.4 is 31.3 Å². The van der Waals surface area contributed by atoms with Crippen molar-refractivity contribution in [1.29, 1.82) is 0 Å². The number of amides is 3. The molecule has 0 spiro atoms. The maximum absolute atomic E-state index is 13.1. The van der Waals surface area contributed by atoms with E-state index in [-0.39, 0.29) is 36.3 Å². The molecule has 3 aliphatic carbocycles. The van der Waals surface area contributed by atoms with Gasteiger partial charge in [0.1, 0.15) is 0 Å². The van der Waals surface area contributed by atoms with Crippen LogP contribution in [0.25, 0.3) is 0 Å². The largest absolute Gasteiger partial charge is 0.454 e. The molecule has 16 heteroatoms. The molecule has 3 aliphatic rings. The third-order valence-corrected chi connectivity index (χ3v) is 9.09. The van der Waals surface area contributed by atoms with E-state index in [4.69, 9.17) is 16.3 Å². The Morgan fingerprint density at radius 1 is 0.857 bits per heavy atom. The molecule has 0 radical (unpaired) electrons. The Morgan fingerprint density at radius 3 is 2.18 bits per heavy atom. The maximum Gasteiger partial charge on any atom is 0.422 e. The summed E-state index contributed by atoms with van der Waals surface area (Å²) in [6, 6.07) is 13.0. The van der Waals surface area contributed by atoms with Crippen LogP contribution in [-0.2, 0) is 15.1 Å². The summed E-state index contributed by atoms with van der Waals surface area (Å²) in [4.78, 5) is 49.8. The molecule has 12 nitrogen and oxygen atoms in total. The van der Waals surface area contributed by atoms with Gasteiger partial charge in [0.05, 0.1) is 5.54 Å². The Bertz CT molecular complexity index is 1670. The van der Waals surface area contributed by atoms with E-state index in [1.165, 1.54) is 0 Å². The van der Waals surface area contributed by atoms with E-state index in [0.717, 1.165) is 50.5 Å². The molecule has 3 aromatic rings. The van der Waals surface area contributed by atoms with Crippen molar-refractivity contribution in [2.24, 2.45) is 11.8 Å². The van der Waals surface area contributed by atoms with Crippen molar-refractivity contribution in [2.45, 2.75) is 62.7 Å². The second kappa shape index (κ2) is 14.4. The molecule has 0 aliphatic heterocycles. The molecule has 0 bridgehead atoms. The topological polar surface area (TPSA) is 159 Å². The number of ether oxygens (including phenoxy) is 1. The number of benzene rings is 2. The minimum absolute atomic E-state index is 0.0139. The van der Waals surface area contributed by atoms with Crippen molar-refractivity contribution < 1.29 is 32.3 Å². The highest BCUT2D eigenvalue weighted by Gasteiger charge is 2.45. The molecule has 2 atom stereocenters. The highest BCUT2D eigenvalue weighted by molar-refractivity contribution is 6.35. The van der Waals surface area contributed by atoms with E-state index in [9.17, 15) is 27.6 Å². The number of nitrogens with one attached hydrogen (secondary N) is 5. The van der Waals surface area contributed by atoms with Gasteiger partial charge >= 0.3 is 24.0 Å². The van der Waals surface area contributed by atoms with Crippen LogP contribution in [0.3, 0.4) is 0 Å². The number of nitrogens with zero attached hydrogens (tertiary/aromatic N) is 3. The second-order valence-corrected chi connectivity index (χ2v) is 13.2. The van der Waals surface area contributed by atoms with Crippen molar-refractivity contribution >= 4 is 46.9 Å². The van der Waals surface area contributed by atoms with Crippen molar-refractivity contribution in [3.63, 3.8) is 0 Å². The Morgan fingerprint density at radius 2 is 1.53 bits per heavy atom. The van der Waals surface area contributed by atoms with Crippen LogP contribution in [0.4, 0.5) is 30.8 Å². The van der Waals surface area contributed by atoms with Gasteiger partial charge in [-0.05, 0) is 92.3 Å². The van der Waals surface area contributed by atoms with Gasteiger partial charge < -0.3 is 31.3 Å². The van der Waals surface area contributed by atoms with Crippen LogP contribution in [-0.4, -0.2) is 64.6 Å². The Hall–Kier alpha value is -4.66. The molecule has 3 amide bonds. The van der Waals surface area contributed by atoms with E-state index < -0.39 is 36.1 Å². The zero-order valence-electron chi connectivity index (χ0n) is 26.4. The molecular weight excluding hydrogens is 665 g/mol. The number of hydrogen-bond acceptors (Lipinski definition) is 9. The van der Waals surface area contributed by atoms with Gasteiger partial charge in [-0.15, -0.1) is 0 Å². The zero-order chi connectivity index (χ0) is 34.6. The van der Waals surface area contributed by atoms with E-state index in [1.54, 1.807) is 36.4 Å². The van der Waals surface area contributed by atoms with E-state index >= 15 is 0 Å². The van der Waals surface area contributed by atoms with Gasteiger partial charge in [0.25, 0.3) is 5.91 Å². The molecule has 1 aromatic heterocycles. The normalized spacial score (nSPS) is 19.4. The first kappa shape index (κ1) is 34.2. The third-order valence-electron chi connectivity index (χ3n) is 8.84. The number of aromatic nitrogens is 3.